The van der Waals surface area contributed by atoms with Crippen molar-refractivity contribution in [1.82, 2.24) is 10.6 Å². The molecule has 0 aliphatic carbocycles. The van der Waals surface area contributed by atoms with Crippen LogP contribution in [0.4, 0.5) is 5.69 Å². The van der Waals surface area contributed by atoms with Crippen molar-refractivity contribution in [1.29, 1.82) is 0 Å². The van der Waals surface area contributed by atoms with Crippen LogP contribution in [0, 0.1) is 0 Å². The standard InChI is InChI=1S/C18H23ClN4OS/c1-20-18(21-11-15-4-3-9-25-15)22-14-7-8-23(12-14)16-10-13(19)5-6-17(16)24-2/h3-6,9-10,14H,7-8,11-12H2,1-2H3,(H2,20,21,22). The number of ether oxygens (including phenoxy) is 1. The highest BCUT2D eigenvalue weighted by Gasteiger charge is 2.25. The molecule has 0 spiro atoms. The van der Waals surface area contributed by atoms with Crippen LogP contribution in [0.3, 0.4) is 0 Å². The van der Waals surface area contributed by atoms with Crippen LogP contribution in [0.5, 0.6) is 5.75 Å². The average molecular weight is 379 g/mol. The first-order valence-corrected chi connectivity index (χ1v) is 9.53. The molecule has 7 heteroatoms. The summed E-state index contributed by atoms with van der Waals surface area (Å²) in [5, 5.41) is 9.68. The lowest BCUT2D eigenvalue weighted by molar-refractivity contribution is 0.415. The molecule has 3 rings (SSSR count). The van der Waals surface area contributed by atoms with Crippen LogP contribution >= 0.6 is 22.9 Å². The smallest absolute Gasteiger partial charge is 0.191 e. The van der Waals surface area contributed by atoms with Gasteiger partial charge in [-0.25, -0.2) is 0 Å². The third kappa shape index (κ3) is 4.58. The van der Waals surface area contributed by atoms with E-state index in [1.54, 1.807) is 25.5 Å². The second kappa shape index (κ2) is 8.45. The number of aliphatic imine (C=N–C) groups is 1. The first kappa shape index (κ1) is 17.9. The number of nitrogens with zero attached hydrogens (tertiary/aromatic N) is 2. The Morgan fingerprint density at radius 3 is 3.04 bits per heavy atom. The van der Waals surface area contributed by atoms with Crippen LogP contribution in [0.25, 0.3) is 0 Å². The molecule has 1 aromatic carbocycles. The molecule has 2 heterocycles. The molecule has 1 atom stereocenters. The van der Waals surface area contributed by atoms with Crippen molar-refractivity contribution in [2.45, 2.75) is 19.0 Å². The maximum absolute atomic E-state index is 6.16. The number of hydrogen-bond donors (Lipinski definition) is 2. The molecule has 1 aromatic heterocycles. The number of nitrogens with one attached hydrogen (secondary N) is 2. The maximum atomic E-state index is 6.16. The molecule has 1 unspecified atom stereocenters. The van der Waals surface area contributed by atoms with Crippen LogP contribution in [0.1, 0.15) is 11.3 Å². The largest absolute Gasteiger partial charge is 0.495 e. The van der Waals surface area contributed by atoms with Gasteiger partial charge in [-0.05, 0) is 36.1 Å². The van der Waals surface area contributed by atoms with Crippen molar-refractivity contribution in [2.75, 3.05) is 32.1 Å². The van der Waals surface area contributed by atoms with E-state index in [2.05, 4.69) is 38.0 Å². The Morgan fingerprint density at radius 2 is 2.32 bits per heavy atom. The third-order valence-corrected chi connectivity index (χ3v) is 5.36. The Hall–Kier alpha value is -1.92. The summed E-state index contributed by atoms with van der Waals surface area (Å²) in [6.07, 6.45) is 1.04. The highest BCUT2D eigenvalue weighted by molar-refractivity contribution is 7.09. The molecular formula is C18H23ClN4OS. The first-order valence-electron chi connectivity index (χ1n) is 8.27. The minimum Gasteiger partial charge on any atom is -0.495 e. The number of thiophene rings is 1. The van der Waals surface area contributed by atoms with Crippen molar-refractivity contribution in [3.63, 3.8) is 0 Å². The maximum Gasteiger partial charge on any atom is 0.191 e. The summed E-state index contributed by atoms with van der Waals surface area (Å²) in [4.78, 5) is 7.92. The van der Waals surface area contributed by atoms with Crippen LogP contribution in [-0.4, -0.2) is 39.2 Å². The van der Waals surface area contributed by atoms with E-state index in [4.69, 9.17) is 16.3 Å². The van der Waals surface area contributed by atoms with E-state index in [-0.39, 0.29) is 0 Å². The summed E-state index contributed by atoms with van der Waals surface area (Å²) in [7, 11) is 3.49. The van der Waals surface area contributed by atoms with Crippen LogP contribution in [0.15, 0.2) is 40.7 Å². The monoisotopic (exact) mass is 378 g/mol. The van der Waals surface area contributed by atoms with Crippen molar-refractivity contribution >= 4 is 34.6 Å². The lowest BCUT2D eigenvalue weighted by atomic mass is 10.2. The fourth-order valence-corrected chi connectivity index (χ4v) is 3.79. The van der Waals surface area contributed by atoms with Crippen molar-refractivity contribution < 1.29 is 4.74 Å². The number of methoxy groups -OCH3 is 1. The summed E-state index contributed by atoms with van der Waals surface area (Å²) < 4.78 is 5.47. The predicted molar refractivity (Wildman–Crippen MR) is 106 cm³/mol. The molecule has 0 saturated carbocycles. The van der Waals surface area contributed by atoms with Crippen LogP contribution < -0.4 is 20.3 Å². The van der Waals surface area contributed by atoms with Gasteiger partial charge in [-0.2, -0.15) is 0 Å². The van der Waals surface area contributed by atoms with E-state index in [1.165, 1.54) is 4.88 Å². The number of guanidine groups is 1. The van der Waals surface area contributed by atoms with Crippen molar-refractivity contribution in [2.24, 2.45) is 4.99 Å². The van der Waals surface area contributed by atoms with Gasteiger partial charge in [0.1, 0.15) is 5.75 Å². The lowest BCUT2D eigenvalue weighted by Crippen LogP contribution is -2.44. The van der Waals surface area contributed by atoms with E-state index in [0.717, 1.165) is 48.5 Å². The SMILES string of the molecule is CN=C(NCc1cccs1)NC1CCN(c2cc(Cl)ccc2OC)C1. The Kier molecular flexibility index (Phi) is 6.04. The molecule has 1 aliphatic rings. The summed E-state index contributed by atoms with van der Waals surface area (Å²) >= 11 is 7.90. The van der Waals surface area contributed by atoms with Gasteiger partial charge in [0.25, 0.3) is 0 Å². The van der Waals surface area contributed by atoms with E-state index in [1.807, 2.05) is 18.2 Å². The Balaban J connectivity index is 1.58. The quantitative estimate of drug-likeness (QED) is 0.618. The molecule has 0 bridgehead atoms. The zero-order chi connectivity index (χ0) is 17.6. The van der Waals surface area contributed by atoms with Crippen LogP contribution in [-0.2, 0) is 6.54 Å². The van der Waals surface area contributed by atoms with Crippen molar-refractivity contribution in [3.05, 3.63) is 45.6 Å². The van der Waals surface area contributed by atoms with Crippen molar-refractivity contribution in [3.8, 4) is 5.75 Å². The summed E-state index contributed by atoms with van der Waals surface area (Å²) in [5.74, 6) is 1.68. The topological polar surface area (TPSA) is 48.9 Å². The van der Waals surface area contributed by atoms with Gasteiger partial charge in [0.05, 0.1) is 19.3 Å². The zero-order valence-electron chi connectivity index (χ0n) is 14.5. The fourth-order valence-electron chi connectivity index (χ4n) is 2.98. The molecule has 2 N–H and O–H groups in total. The summed E-state index contributed by atoms with van der Waals surface area (Å²) in [6.45, 7) is 2.63. The van der Waals surface area contributed by atoms with Crippen LogP contribution in [0.2, 0.25) is 5.02 Å². The summed E-state index contributed by atoms with van der Waals surface area (Å²) in [5.41, 5.74) is 1.04. The highest BCUT2D eigenvalue weighted by atomic mass is 35.5. The predicted octanol–water partition coefficient (Wildman–Crippen LogP) is 3.35. The minimum absolute atomic E-state index is 0.332. The average Bonchev–Trinajstić information content (AvgIpc) is 3.30. The number of hydrogen-bond acceptors (Lipinski definition) is 4. The second-order valence-corrected chi connectivity index (χ2v) is 7.37. The lowest BCUT2D eigenvalue weighted by Gasteiger charge is -2.22. The van der Waals surface area contributed by atoms with Gasteiger partial charge in [0.2, 0.25) is 0 Å². The van der Waals surface area contributed by atoms with E-state index in [9.17, 15) is 0 Å². The minimum atomic E-state index is 0.332. The Bertz CT molecular complexity index is 720. The molecular weight excluding hydrogens is 356 g/mol. The highest BCUT2D eigenvalue weighted by Crippen LogP contribution is 2.33. The molecule has 1 aliphatic heterocycles. The molecule has 0 radical (unpaired) electrons. The number of anilines is 1. The Labute approximate surface area is 157 Å². The van der Waals surface area contributed by atoms with E-state index < -0.39 is 0 Å². The molecule has 134 valence electrons. The molecule has 2 aromatic rings. The normalized spacial score (nSPS) is 17.6. The van der Waals surface area contributed by atoms with Gasteiger partial charge in [0, 0.05) is 36.1 Å². The molecule has 0 amide bonds. The summed E-state index contributed by atoms with van der Waals surface area (Å²) in [6, 6.07) is 10.2. The molecule has 1 fully saturated rings. The first-order chi connectivity index (χ1) is 12.2. The molecule has 25 heavy (non-hydrogen) atoms. The molecule has 5 nitrogen and oxygen atoms in total. The number of halogens is 1. The van der Waals surface area contributed by atoms with Gasteiger partial charge in [-0.1, -0.05) is 17.7 Å². The van der Waals surface area contributed by atoms with Gasteiger partial charge in [0.15, 0.2) is 5.96 Å². The van der Waals surface area contributed by atoms with E-state index >= 15 is 0 Å². The second-order valence-electron chi connectivity index (χ2n) is 5.90. The van der Waals surface area contributed by atoms with E-state index in [0.29, 0.717) is 6.04 Å². The number of benzene rings is 1. The van der Waals surface area contributed by atoms with Gasteiger partial charge in [-0.3, -0.25) is 4.99 Å². The van der Waals surface area contributed by atoms with Gasteiger partial charge >= 0.3 is 0 Å². The molecule has 1 saturated heterocycles. The fraction of sp³-hybridized carbons (Fsp3) is 0.389. The zero-order valence-corrected chi connectivity index (χ0v) is 16.0. The van der Waals surface area contributed by atoms with Gasteiger partial charge in [-0.15, -0.1) is 11.3 Å². The third-order valence-electron chi connectivity index (χ3n) is 4.24. The Morgan fingerprint density at radius 1 is 1.44 bits per heavy atom. The number of rotatable bonds is 5. The van der Waals surface area contributed by atoms with Gasteiger partial charge < -0.3 is 20.3 Å².